The smallest absolute Gasteiger partial charge is 0.444 e. The van der Waals surface area contributed by atoms with E-state index in [4.69, 9.17) is 27.9 Å². The first-order chi connectivity index (χ1) is 27.0. The third-order valence-electron chi connectivity index (χ3n) is 10.7. The van der Waals surface area contributed by atoms with Gasteiger partial charge < -0.3 is 29.6 Å². The fraction of sp³-hybridized carbons (Fsp3) is 0.476. The summed E-state index contributed by atoms with van der Waals surface area (Å²) < 4.78 is 50.5. The van der Waals surface area contributed by atoms with Crippen LogP contribution in [0.5, 0.6) is 5.75 Å². The van der Waals surface area contributed by atoms with Crippen LogP contribution in [0.1, 0.15) is 51.2 Å². The number of benzene rings is 3. The van der Waals surface area contributed by atoms with E-state index in [1.165, 1.54) is 12.1 Å². The first-order valence-electron chi connectivity index (χ1n) is 19.3. The van der Waals surface area contributed by atoms with E-state index in [0.717, 1.165) is 65.9 Å². The van der Waals surface area contributed by atoms with Crippen molar-refractivity contribution in [2.45, 2.75) is 77.2 Å². The number of aryl methyl sites for hydroxylation is 1. The van der Waals surface area contributed by atoms with E-state index in [1.807, 2.05) is 45.2 Å². The van der Waals surface area contributed by atoms with Crippen molar-refractivity contribution in [3.05, 3.63) is 88.0 Å². The number of hydrogen-bond donors (Lipinski definition) is 2. The van der Waals surface area contributed by atoms with Gasteiger partial charge in [0.15, 0.2) is 0 Å². The van der Waals surface area contributed by atoms with E-state index >= 15 is 0 Å². The number of nitrogens with one attached hydrogen (secondary N) is 2. The molecule has 3 aromatic carbocycles. The van der Waals surface area contributed by atoms with Gasteiger partial charge in [-0.2, -0.15) is 0 Å². The van der Waals surface area contributed by atoms with Gasteiger partial charge in [0.1, 0.15) is 16.9 Å². The number of alkyl halides is 3. The number of piperidine rings is 1. The number of aromatic nitrogens is 1. The second-order valence-electron chi connectivity index (χ2n) is 15.8. The van der Waals surface area contributed by atoms with Crippen molar-refractivity contribution in [1.29, 1.82) is 0 Å². The molecule has 57 heavy (non-hydrogen) atoms. The number of carbonyl (C=O) groups excluding carboxylic acids is 2. The molecule has 2 amide bonds. The van der Waals surface area contributed by atoms with Crippen molar-refractivity contribution in [2.75, 3.05) is 52.9 Å². The number of amides is 2. The molecule has 2 fully saturated rings. The molecule has 10 nitrogen and oxygen atoms in total. The monoisotopic (exact) mass is 830 g/mol. The van der Waals surface area contributed by atoms with E-state index in [1.54, 1.807) is 24.1 Å². The van der Waals surface area contributed by atoms with Crippen molar-refractivity contribution < 1.29 is 32.2 Å². The number of fused-ring (bicyclic) bond motifs is 1. The van der Waals surface area contributed by atoms with Gasteiger partial charge in [-0.15, -0.1) is 13.2 Å². The summed E-state index contributed by atoms with van der Waals surface area (Å²) in [4.78, 5) is 32.5. The number of likely N-dealkylation sites (tertiary alicyclic amines) is 1. The average molecular weight is 832 g/mol. The lowest BCUT2D eigenvalue weighted by molar-refractivity contribution is -0.274. The number of ether oxygens (including phenoxy) is 2. The molecule has 2 aliphatic heterocycles. The molecular weight excluding hydrogens is 780 g/mol. The molecule has 15 heteroatoms. The minimum atomic E-state index is -4.78. The molecule has 0 unspecified atom stereocenters. The van der Waals surface area contributed by atoms with Gasteiger partial charge in [0, 0.05) is 104 Å². The van der Waals surface area contributed by atoms with Gasteiger partial charge >= 0.3 is 12.5 Å². The van der Waals surface area contributed by atoms with Crippen LogP contribution in [0.25, 0.3) is 22.0 Å². The number of piperazine rings is 1. The number of likely N-dealkylation sites (N-methyl/N-ethyl adjacent to an activating group) is 1. The Kier molecular flexibility index (Phi) is 13.3. The van der Waals surface area contributed by atoms with Crippen molar-refractivity contribution >= 4 is 46.1 Å². The summed E-state index contributed by atoms with van der Waals surface area (Å²) in [6.45, 7) is 12.2. The van der Waals surface area contributed by atoms with Gasteiger partial charge in [-0.1, -0.05) is 47.5 Å². The van der Waals surface area contributed by atoms with Crippen molar-refractivity contribution in [3.8, 4) is 16.9 Å². The quantitative estimate of drug-likeness (QED) is 0.139. The number of carbonyl (C=O) groups is 2. The maximum atomic E-state index is 13.5. The molecule has 6 rings (SSSR count). The van der Waals surface area contributed by atoms with Crippen LogP contribution in [0.3, 0.4) is 0 Å². The predicted molar refractivity (Wildman–Crippen MR) is 218 cm³/mol. The first kappa shape index (κ1) is 42.6. The summed E-state index contributed by atoms with van der Waals surface area (Å²) in [5.74, 6) is -0.386. The third-order valence-corrected chi connectivity index (χ3v) is 11.4. The fourth-order valence-electron chi connectivity index (χ4n) is 7.57. The number of rotatable bonds is 12. The van der Waals surface area contributed by atoms with Crippen LogP contribution in [0.4, 0.5) is 18.0 Å². The largest absolute Gasteiger partial charge is 0.573 e. The standard InChI is InChI=1S/C42H51Cl2F3N6O4/c1-40(2,3)57-39(55)52-19-15-41(48-4,16-20-52)38(54)49-17-6-18-53-28-33(30-10-12-31(13-11-30)56-42(45,46)47)32-25-29(9-14-37(32)53)26-50-21-23-51(24-22-50)27-34-35(43)7-5-8-36(34)44/h5,7-14,25,28,48H,6,15-24,26-27H2,1-4H3,(H,49,54). The Morgan fingerprint density at radius 3 is 2.09 bits per heavy atom. The Morgan fingerprint density at radius 1 is 0.860 bits per heavy atom. The molecule has 1 aromatic heterocycles. The molecular formula is C42H51Cl2F3N6O4. The Bertz CT molecular complexity index is 2000. The number of halogens is 5. The maximum Gasteiger partial charge on any atom is 0.573 e. The van der Waals surface area contributed by atoms with Crippen molar-refractivity contribution in [1.82, 2.24) is 29.9 Å². The highest BCUT2D eigenvalue weighted by molar-refractivity contribution is 6.36. The summed E-state index contributed by atoms with van der Waals surface area (Å²) in [5.41, 5.74) is 3.32. The van der Waals surface area contributed by atoms with E-state index in [-0.39, 0.29) is 17.7 Å². The zero-order valence-corrected chi connectivity index (χ0v) is 34.4. The Balaban J connectivity index is 1.11. The highest BCUT2D eigenvalue weighted by Crippen LogP contribution is 2.34. The van der Waals surface area contributed by atoms with Gasteiger partial charge in [0.05, 0.1) is 0 Å². The van der Waals surface area contributed by atoms with Crippen LogP contribution in [0, 0.1) is 0 Å². The first-order valence-corrected chi connectivity index (χ1v) is 20.1. The van der Waals surface area contributed by atoms with Gasteiger partial charge in [0.2, 0.25) is 5.91 Å². The van der Waals surface area contributed by atoms with Gasteiger partial charge in [-0.25, -0.2) is 4.79 Å². The normalized spacial score (nSPS) is 16.8. The van der Waals surface area contributed by atoms with Gasteiger partial charge in [0.25, 0.3) is 0 Å². The van der Waals surface area contributed by atoms with Crippen LogP contribution in [0.2, 0.25) is 10.0 Å². The molecule has 0 atom stereocenters. The van der Waals surface area contributed by atoms with Gasteiger partial charge in [-0.05, 0) is 94.6 Å². The summed E-state index contributed by atoms with van der Waals surface area (Å²) >= 11 is 12.9. The highest BCUT2D eigenvalue weighted by atomic mass is 35.5. The third kappa shape index (κ3) is 10.9. The molecule has 2 saturated heterocycles. The van der Waals surface area contributed by atoms with Crippen molar-refractivity contribution in [3.63, 3.8) is 0 Å². The van der Waals surface area contributed by atoms with E-state index in [2.05, 4.69) is 47.9 Å². The summed E-state index contributed by atoms with van der Waals surface area (Å²) in [5, 5.41) is 8.65. The molecule has 0 saturated carbocycles. The molecule has 0 spiro atoms. The van der Waals surface area contributed by atoms with E-state index in [9.17, 15) is 22.8 Å². The Morgan fingerprint density at radius 2 is 1.49 bits per heavy atom. The predicted octanol–water partition coefficient (Wildman–Crippen LogP) is 8.33. The molecule has 3 heterocycles. The molecule has 0 aliphatic carbocycles. The molecule has 0 bridgehead atoms. The minimum absolute atomic E-state index is 0.105. The lowest BCUT2D eigenvalue weighted by Gasteiger charge is -2.40. The second-order valence-corrected chi connectivity index (χ2v) is 16.6. The zero-order valence-electron chi connectivity index (χ0n) is 32.9. The summed E-state index contributed by atoms with van der Waals surface area (Å²) in [7, 11) is 1.77. The average Bonchev–Trinajstić information content (AvgIpc) is 3.52. The SMILES string of the molecule is CNC1(C(=O)NCCCn2cc(-c3ccc(OC(F)(F)F)cc3)c3cc(CN4CCN(Cc5c(Cl)cccc5Cl)CC4)ccc32)CCN(C(=O)OC(C)(C)C)CC1. The lowest BCUT2D eigenvalue weighted by Crippen LogP contribution is -2.61. The van der Waals surface area contributed by atoms with Crippen LogP contribution in [-0.2, 0) is 29.2 Å². The van der Waals surface area contributed by atoms with Crippen LogP contribution >= 0.6 is 23.2 Å². The summed E-state index contributed by atoms with van der Waals surface area (Å²) in [6.07, 6.45) is -1.57. The highest BCUT2D eigenvalue weighted by Gasteiger charge is 2.41. The zero-order chi connectivity index (χ0) is 41.0. The van der Waals surface area contributed by atoms with E-state index < -0.39 is 17.5 Å². The summed E-state index contributed by atoms with van der Waals surface area (Å²) in [6, 6.07) is 17.9. The number of nitrogens with zero attached hydrogens (tertiary/aromatic N) is 4. The van der Waals surface area contributed by atoms with Crippen LogP contribution < -0.4 is 15.4 Å². The maximum absolute atomic E-state index is 13.5. The topological polar surface area (TPSA) is 91.3 Å². The molecule has 4 aromatic rings. The Hall–Kier alpha value is -4.01. The number of hydrogen-bond acceptors (Lipinski definition) is 7. The van der Waals surface area contributed by atoms with Crippen molar-refractivity contribution in [2.24, 2.45) is 0 Å². The minimum Gasteiger partial charge on any atom is -0.444 e. The molecule has 0 radical (unpaired) electrons. The molecule has 2 N–H and O–H groups in total. The van der Waals surface area contributed by atoms with Crippen LogP contribution in [0.15, 0.2) is 66.9 Å². The van der Waals surface area contributed by atoms with Gasteiger partial charge in [-0.3, -0.25) is 14.6 Å². The molecule has 308 valence electrons. The fourth-order valence-corrected chi connectivity index (χ4v) is 8.09. The second kappa shape index (κ2) is 17.9. The molecule has 2 aliphatic rings. The van der Waals surface area contributed by atoms with Crippen LogP contribution in [-0.4, -0.2) is 102 Å². The Labute approximate surface area is 342 Å². The van der Waals surface area contributed by atoms with E-state index in [0.29, 0.717) is 62.0 Å². The lowest BCUT2D eigenvalue weighted by atomic mass is 9.86.